The maximum atomic E-state index is 11.0. The van der Waals surface area contributed by atoms with Gasteiger partial charge >= 0.3 is 5.97 Å². The minimum atomic E-state index is -1.33. The quantitative estimate of drug-likeness (QED) is 0.404. The number of nitrogens with zero attached hydrogens (tertiary/aromatic N) is 1. The Labute approximate surface area is 86.1 Å². The van der Waals surface area contributed by atoms with Crippen LogP contribution in [0.15, 0.2) is 0 Å². The van der Waals surface area contributed by atoms with Crippen LogP contribution in [-0.2, 0) is 19.1 Å². The van der Waals surface area contributed by atoms with Gasteiger partial charge in [-0.25, -0.2) is 4.79 Å². The van der Waals surface area contributed by atoms with E-state index < -0.39 is 36.6 Å². The van der Waals surface area contributed by atoms with Gasteiger partial charge in [0.25, 0.3) is 0 Å². The van der Waals surface area contributed by atoms with E-state index in [0.717, 1.165) is 0 Å². The van der Waals surface area contributed by atoms with E-state index in [2.05, 4.69) is 0 Å². The molecule has 2 aliphatic heterocycles. The molecule has 0 aromatic carbocycles. The van der Waals surface area contributed by atoms with Gasteiger partial charge in [-0.1, -0.05) is 0 Å². The monoisotopic (exact) mass is 219 g/mol. The summed E-state index contributed by atoms with van der Waals surface area (Å²) in [6.45, 7) is 0. The minimum absolute atomic E-state index is 0.743. The average Bonchev–Trinajstić information content (AvgIpc) is 2.68. The molecule has 2 heterocycles. The van der Waals surface area contributed by atoms with Crippen LogP contribution in [0.4, 0.5) is 0 Å². The molecule has 0 aromatic heterocycles. The Kier molecular flexibility index (Phi) is 2.65. The second kappa shape index (κ2) is 3.69. The summed E-state index contributed by atoms with van der Waals surface area (Å²) >= 11 is 0. The number of hydrogen-bond donors (Lipinski definition) is 2. The van der Waals surface area contributed by atoms with E-state index in [0.29, 0.717) is 0 Å². The lowest BCUT2D eigenvalue weighted by Crippen LogP contribution is -2.42. The highest BCUT2D eigenvalue weighted by Crippen LogP contribution is 2.32. The molecule has 0 bridgehead atoms. The third kappa shape index (κ3) is 1.52. The van der Waals surface area contributed by atoms with E-state index in [4.69, 9.17) is 14.3 Å². The molecule has 7 nitrogen and oxygen atoms in total. The number of aliphatic hydroxyl groups excluding tert-OH is 2. The number of hydrogen-bond acceptors (Lipinski definition) is 7. The van der Waals surface area contributed by atoms with Crippen LogP contribution in [0, 0.1) is 0 Å². The number of likely N-dealkylation sites (N-methyl/N-ethyl adjacent to an activating group) is 1. The number of rotatable bonds is 2. The van der Waals surface area contributed by atoms with Gasteiger partial charge in [-0.3, -0.25) is 4.84 Å². The number of aliphatic hydroxyl groups is 2. The largest absolute Gasteiger partial charge is 0.455 e. The summed E-state index contributed by atoms with van der Waals surface area (Å²) in [5.41, 5.74) is 0. The standard InChI is InChI=1S/C8H13NO6/c1-9(13-2)7-3(10)5-6(14-7)4(11)8(12)15-5/h3-7,10-11H,1-2H3/t3-,4-,5?,6+,7+/m0/s1. The summed E-state index contributed by atoms with van der Waals surface area (Å²) in [6, 6.07) is 0. The third-order valence-corrected chi connectivity index (χ3v) is 2.70. The molecule has 1 unspecified atom stereocenters. The molecule has 15 heavy (non-hydrogen) atoms. The SMILES string of the molecule is CON(C)[C@@H]1O[C@H]2C(OC(=O)[C@H]2O)[C@@H]1O. The van der Waals surface area contributed by atoms with Crippen LogP contribution in [0.5, 0.6) is 0 Å². The molecule has 7 heteroatoms. The van der Waals surface area contributed by atoms with Crippen molar-refractivity contribution in [3.05, 3.63) is 0 Å². The summed E-state index contributed by atoms with van der Waals surface area (Å²) in [7, 11) is 3.00. The lowest BCUT2D eigenvalue weighted by Gasteiger charge is -2.24. The van der Waals surface area contributed by atoms with Crippen molar-refractivity contribution in [1.29, 1.82) is 0 Å². The Morgan fingerprint density at radius 1 is 1.40 bits per heavy atom. The fourth-order valence-corrected chi connectivity index (χ4v) is 1.81. The Balaban J connectivity index is 2.11. The summed E-state index contributed by atoms with van der Waals surface area (Å²) in [4.78, 5) is 15.8. The van der Waals surface area contributed by atoms with Gasteiger partial charge in [-0.05, 0) is 0 Å². The van der Waals surface area contributed by atoms with Crippen LogP contribution in [0.3, 0.4) is 0 Å². The first-order valence-electron chi connectivity index (χ1n) is 4.55. The van der Waals surface area contributed by atoms with Crippen molar-refractivity contribution in [2.45, 2.75) is 30.6 Å². The van der Waals surface area contributed by atoms with E-state index in [1.165, 1.54) is 12.2 Å². The fourth-order valence-electron chi connectivity index (χ4n) is 1.81. The van der Waals surface area contributed by atoms with Crippen LogP contribution in [0.2, 0.25) is 0 Å². The first-order valence-corrected chi connectivity index (χ1v) is 4.55. The molecule has 0 aliphatic carbocycles. The molecule has 2 N–H and O–H groups in total. The molecule has 2 fully saturated rings. The van der Waals surface area contributed by atoms with Gasteiger partial charge in [0.1, 0.15) is 12.2 Å². The Morgan fingerprint density at radius 2 is 2.07 bits per heavy atom. The number of carbonyl (C=O) groups excluding carboxylic acids is 1. The molecule has 0 saturated carbocycles. The molecule has 0 spiro atoms. The zero-order valence-electron chi connectivity index (χ0n) is 8.36. The van der Waals surface area contributed by atoms with Crippen molar-refractivity contribution < 1.29 is 29.3 Å². The van der Waals surface area contributed by atoms with E-state index in [-0.39, 0.29) is 0 Å². The number of hydroxylamine groups is 2. The van der Waals surface area contributed by atoms with Crippen LogP contribution in [0.1, 0.15) is 0 Å². The van der Waals surface area contributed by atoms with Crippen molar-refractivity contribution in [2.24, 2.45) is 0 Å². The summed E-state index contributed by atoms with van der Waals surface area (Å²) in [5.74, 6) is -0.762. The molecule has 0 aromatic rings. The molecular formula is C8H13NO6. The Bertz CT molecular complexity index is 272. The van der Waals surface area contributed by atoms with Crippen molar-refractivity contribution in [1.82, 2.24) is 5.06 Å². The molecule has 0 radical (unpaired) electrons. The molecule has 5 atom stereocenters. The number of esters is 1. The Morgan fingerprint density at radius 3 is 2.60 bits per heavy atom. The van der Waals surface area contributed by atoms with Crippen molar-refractivity contribution in [3.8, 4) is 0 Å². The smallest absolute Gasteiger partial charge is 0.338 e. The highest BCUT2D eigenvalue weighted by Gasteiger charge is 2.57. The maximum absolute atomic E-state index is 11.0. The van der Waals surface area contributed by atoms with Crippen molar-refractivity contribution in [2.75, 3.05) is 14.2 Å². The highest BCUT2D eigenvalue weighted by molar-refractivity contribution is 5.78. The highest BCUT2D eigenvalue weighted by atomic mass is 16.7. The van der Waals surface area contributed by atoms with Crippen LogP contribution >= 0.6 is 0 Å². The van der Waals surface area contributed by atoms with E-state index in [1.807, 2.05) is 0 Å². The fraction of sp³-hybridized carbons (Fsp3) is 0.875. The van der Waals surface area contributed by atoms with Gasteiger partial charge in [0.2, 0.25) is 0 Å². The second-order valence-corrected chi connectivity index (χ2v) is 3.56. The Hall–Kier alpha value is -0.730. The number of carbonyl (C=O) groups is 1. The molecule has 2 rings (SSSR count). The summed E-state index contributed by atoms with van der Waals surface area (Å²) < 4.78 is 10.1. The van der Waals surface area contributed by atoms with Gasteiger partial charge in [0, 0.05) is 7.05 Å². The van der Waals surface area contributed by atoms with Crippen molar-refractivity contribution in [3.63, 3.8) is 0 Å². The van der Waals surface area contributed by atoms with Gasteiger partial charge in [-0.2, -0.15) is 5.06 Å². The lowest BCUT2D eigenvalue weighted by atomic mass is 10.1. The van der Waals surface area contributed by atoms with Gasteiger partial charge in [0.15, 0.2) is 18.4 Å². The van der Waals surface area contributed by atoms with Crippen LogP contribution in [0.25, 0.3) is 0 Å². The van der Waals surface area contributed by atoms with E-state index in [1.54, 1.807) is 7.05 Å². The van der Waals surface area contributed by atoms with Gasteiger partial charge < -0.3 is 19.7 Å². The summed E-state index contributed by atoms with van der Waals surface area (Å²) in [5, 5.41) is 20.4. The molecule has 86 valence electrons. The molecular weight excluding hydrogens is 206 g/mol. The van der Waals surface area contributed by atoms with E-state index >= 15 is 0 Å². The molecule has 2 saturated heterocycles. The topological polar surface area (TPSA) is 88.5 Å². The second-order valence-electron chi connectivity index (χ2n) is 3.56. The third-order valence-electron chi connectivity index (χ3n) is 2.70. The molecule has 2 aliphatic rings. The maximum Gasteiger partial charge on any atom is 0.338 e. The van der Waals surface area contributed by atoms with Crippen LogP contribution in [-0.4, -0.2) is 66.0 Å². The van der Waals surface area contributed by atoms with Crippen molar-refractivity contribution >= 4 is 5.97 Å². The predicted molar refractivity (Wildman–Crippen MR) is 45.3 cm³/mol. The zero-order valence-corrected chi connectivity index (χ0v) is 8.36. The number of ether oxygens (including phenoxy) is 2. The summed E-state index contributed by atoms with van der Waals surface area (Å²) in [6.07, 6.45) is -4.75. The minimum Gasteiger partial charge on any atom is -0.455 e. The van der Waals surface area contributed by atoms with Gasteiger partial charge in [0.05, 0.1) is 7.11 Å². The first-order chi connectivity index (χ1) is 7.06. The normalized spacial score (nSPS) is 44.6. The first kappa shape index (κ1) is 10.8. The average molecular weight is 219 g/mol. The zero-order chi connectivity index (χ0) is 11.2. The molecule has 0 amide bonds. The predicted octanol–water partition coefficient (Wildman–Crippen LogP) is -2.15. The van der Waals surface area contributed by atoms with Crippen LogP contribution < -0.4 is 0 Å². The number of fused-ring (bicyclic) bond motifs is 1. The van der Waals surface area contributed by atoms with E-state index in [9.17, 15) is 15.0 Å². The van der Waals surface area contributed by atoms with Gasteiger partial charge in [-0.15, -0.1) is 0 Å². The lowest BCUT2D eigenvalue weighted by molar-refractivity contribution is -0.240.